The largest absolute Gasteiger partial charge is 0.469 e. The third-order valence-corrected chi connectivity index (χ3v) is 6.05. The standard InChI is InChI=1S/C27H34N6O9/c1-15(34)28-27-30-23(33(16(2)35)17(3)36)20(25(39)31-27)13-14-32(4)19-9-7-18(8-10-19)24(38)29-21(26(40)42-6)11-12-22(37)41-5/h7-10,21H,11-14H2,1-6H3,(H,29,38)(H2,28,30,31,34,39)/t21-/m0/s1. The number of hydrogen-bond donors (Lipinski definition) is 3. The van der Waals surface area contributed by atoms with Crippen LogP contribution in [0.3, 0.4) is 0 Å². The first-order valence-corrected chi connectivity index (χ1v) is 12.8. The van der Waals surface area contributed by atoms with Crippen molar-refractivity contribution in [2.24, 2.45) is 0 Å². The Labute approximate surface area is 241 Å². The summed E-state index contributed by atoms with van der Waals surface area (Å²) in [4.78, 5) is 94.2. The molecule has 0 spiro atoms. The molecule has 1 atom stereocenters. The molecule has 0 saturated heterocycles. The van der Waals surface area contributed by atoms with Gasteiger partial charge in [0.1, 0.15) is 6.04 Å². The van der Waals surface area contributed by atoms with Crippen molar-refractivity contribution in [1.82, 2.24) is 15.3 Å². The molecule has 15 heteroatoms. The van der Waals surface area contributed by atoms with Crippen molar-refractivity contribution in [1.29, 1.82) is 0 Å². The highest BCUT2D eigenvalue weighted by Gasteiger charge is 2.26. The lowest BCUT2D eigenvalue weighted by Crippen LogP contribution is -2.41. The molecule has 1 aromatic carbocycles. The average Bonchev–Trinajstić information content (AvgIpc) is 2.93. The molecule has 1 heterocycles. The van der Waals surface area contributed by atoms with E-state index in [1.807, 2.05) is 0 Å². The predicted octanol–water partition coefficient (Wildman–Crippen LogP) is 0.531. The van der Waals surface area contributed by atoms with Crippen molar-refractivity contribution in [3.05, 3.63) is 45.7 Å². The number of imide groups is 1. The molecule has 1 aromatic heterocycles. The molecule has 0 radical (unpaired) electrons. The lowest BCUT2D eigenvalue weighted by atomic mass is 10.1. The van der Waals surface area contributed by atoms with Gasteiger partial charge >= 0.3 is 11.9 Å². The molecule has 0 aliphatic rings. The number of nitrogens with zero attached hydrogens (tertiary/aromatic N) is 3. The monoisotopic (exact) mass is 586 g/mol. The van der Waals surface area contributed by atoms with Crippen LogP contribution in [0.5, 0.6) is 0 Å². The topological polar surface area (TPSA) is 197 Å². The Morgan fingerprint density at radius 2 is 1.60 bits per heavy atom. The van der Waals surface area contributed by atoms with E-state index >= 15 is 0 Å². The van der Waals surface area contributed by atoms with Crippen molar-refractivity contribution in [3.8, 4) is 0 Å². The van der Waals surface area contributed by atoms with Crippen LogP contribution in [0.15, 0.2) is 29.1 Å². The lowest BCUT2D eigenvalue weighted by molar-refractivity contribution is -0.144. The summed E-state index contributed by atoms with van der Waals surface area (Å²) in [6.45, 7) is 3.77. The number of anilines is 3. The van der Waals surface area contributed by atoms with Crippen molar-refractivity contribution in [3.63, 3.8) is 0 Å². The second kappa shape index (κ2) is 15.1. The number of methoxy groups -OCH3 is 2. The van der Waals surface area contributed by atoms with Crippen LogP contribution in [0.2, 0.25) is 0 Å². The number of nitrogens with one attached hydrogen (secondary N) is 3. The van der Waals surface area contributed by atoms with E-state index in [2.05, 4.69) is 25.3 Å². The Kier molecular flexibility index (Phi) is 11.9. The van der Waals surface area contributed by atoms with Gasteiger partial charge in [0, 0.05) is 52.0 Å². The number of amides is 4. The molecule has 42 heavy (non-hydrogen) atoms. The van der Waals surface area contributed by atoms with Gasteiger partial charge in [-0.25, -0.2) is 9.69 Å². The molecule has 3 N–H and O–H groups in total. The molecule has 0 aliphatic heterocycles. The molecule has 0 unspecified atom stereocenters. The van der Waals surface area contributed by atoms with E-state index in [-0.39, 0.29) is 48.7 Å². The zero-order chi connectivity index (χ0) is 31.6. The Bertz CT molecular complexity index is 1390. The van der Waals surface area contributed by atoms with Gasteiger partial charge in [-0.05, 0) is 37.1 Å². The SMILES string of the molecule is COC(=O)CC[C@H](NC(=O)c1ccc(N(C)CCc2c(N(C(C)=O)C(C)=O)nc(NC(C)=O)[nH]c2=O)cc1)C(=O)OC. The predicted molar refractivity (Wildman–Crippen MR) is 151 cm³/mol. The minimum Gasteiger partial charge on any atom is -0.469 e. The highest BCUT2D eigenvalue weighted by atomic mass is 16.5. The third-order valence-electron chi connectivity index (χ3n) is 6.05. The average molecular weight is 587 g/mol. The van der Waals surface area contributed by atoms with Crippen molar-refractivity contribution >= 4 is 53.0 Å². The molecule has 0 saturated carbocycles. The molecule has 0 aliphatic carbocycles. The van der Waals surface area contributed by atoms with Crippen LogP contribution >= 0.6 is 0 Å². The molecule has 0 fully saturated rings. The highest BCUT2D eigenvalue weighted by Crippen LogP contribution is 2.20. The number of H-pyrrole nitrogens is 1. The summed E-state index contributed by atoms with van der Waals surface area (Å²) in [5.41, 5.74) is 0.328. The summed E-state index contributed by atoms with van der Waals surface area (Å²) in [5, 5.41) is 4.89. The minimum absolute atomic E-state index is 0.00162. The van der Waals surface area contributed by atoms with Crippen LogP contribution < -0.4 is 26.0 Å². The number of hydrogen-bond acceptors (Lipinski definition) is 11. The van der Waals surface area contributed by atoms with E-state index < -0.39 is 47.2 Å². The molecule has 226 valence electrons. The molecule has 2 aromatic rings. The fraction of sp³-hybridized carbons (Fsp3) is 0.407. The van der Waals surface area contributed by atoms with Crippen molar-refractivity contribution in [2.45, 2.75) is 46.1 Å². The van der Waals surface area contributed by atoms with Crippen molar-refractivity contribution < 1.29 is 38.2 Å². The summed E-state index contributed by atoms with van der Waals surface area (Å²) in [7, 11) is 4.12. The molecule has 2 rings (SSSR count). The van der Waals surface area contributed by atoms with E-state index in [1.165, 1.54) is 33.3 Å². The van der Waals surface area contributed by atoms with Gasteiger partial charge in [0.25, 0.3) is 11.5 Å². The van der Waals surface area contributed by atoms with Crippen LogP contribution in [0.4, 0.5) is 17.5 Å². The lowest BCUT2D eigenvalue weighted by Gasteiger charge is -2.23. The van der Waals surface area contributed by atoms with E-state index in [4.69, 9.17) is 4.74 Å². The number of likely N-dealkylation sites (N-methyl/N-ethyl adjacent to an activating group) is 1. The van der Waals surface area contributed by atoms with E-state index in [0.29, 0.717) is 5.69 Å². The summed E-state index contributed by atoms with van der Waals surface area (Å²) in [6.07, 6.45) is -0.0277. The summed E-state index contributed by atoms with van der Waals surface area (Å²) >= 11 is 0. The van der Waals surface area contributed by atoms with Gasteiger partial charge in [0.15, 0.2) is 5.82 Å². The highest BCUT2D eigenvalue weighted by molar-refractivity contribution is 6.13. The molecule has 0 bridgehead atoms. The van der Waals surface area contributed by atoms with Gasteiger partial charge in [-0.1, -0.05) is 0 Å². The fourth-order valence-electron chi connectivity index (χ4n) is 3.92. The first-order valence-electron chi connectivity index (χ1n) is 12.8. The van der Waals surface area contributed by atoms with E-state index in [9.17, 15) is 33.6 Å². The fourth-order valence-corrected chi connectivity index (χ4v) is 3.92. The number of aromatic amines is 1. The first kappa shape index (κ1) is 33.1. The van der Waals surface area contributed by atoms with Gasteiger partial charge in [0.2, 0.25) is 23.7 Å². The van der Waals surface area contributed by atoms with Crippen LogP contribution in [-0.2, 0) is 39.9 Å². The van der Waals surface area contributed by atoms with E-state index in [0.717, 1.165) is 18.7 Å². The zero-order valence-corrected chi connectivity index (χ0v) is 24.2. The smallest absolute Gasteiger partial charge is 0.328 e. The van der Waals surface area contributed by atoms with Crippen LogP contribution in [0.1, 0.15) is 49.5 Å². The molecular weight excluding hydrogens is 552 g/mol. The number of esters is 2. The second-order valence-electron chi connectivity index (χ2n) is 9.15. The number of ether oxygens (including phenoxy) is 2. The van der Waals surface area contributed by atoms with Crippen LogP contribution in [0, 0.1) is 0 Å². The Hall–Kier alpha value is -5.08. The number of carbonyl (C=O) groups is 6. The third kappa shape index (κ3) is 8.97. The van der Waals surface area contributed by atoms with Gasteiger partial charge in [-0.2, -0.15) is 4.98 Å². The normalized spacial score (nSPS) is 11.1. The Morgan fingerprint density at radius 3 is 2.12 bits per heavy atom. The second-order valence-corrected chi connectivity index (χ2v) is 9.15. The maximum atomic E-state index is 12.9. The first-order chi connectivity index (χ1) is 19.8. The Balaban J connectivity index is 2.21. The number of rotatable bonds is 12. The van der Waals surface area contributed by atoms with Gasteiger partial charge < -0.3 is 19.7 Å². The summed E-state index contributed by atoms with van der Waals surface area (Å²) in [6, 6.07) is 5.32. The number of benzene rings is 1. The van der Waals surface area contributed by atoms with E-state index in [1.54, 1.807) is 24.1 Å². The summed E-state index contributed by atoms with van der Waals surface area (Å²) < 4.78 is 9.28. The number of aromatic nitrogens is 2. The van der Waals surface area contributed by atoms with Crippen LogP contribution in [-0.4, -0.2) is 79.4 Å². The van der Waals surface area contributed by atoms with Gasteiger partial charge in [0.05, 0.1) is 19.8 Å². The maximum Gasteiger partial charge on any atom is 0.328 e. The molecule has 15 nitrogen and oxygen atoms in total. The molecule has 4 amide bonds. The summed E-state index contributed by atoms with van der Waals surface area (Å²) in [5.74, 6) is -4.00. The minimum atomic E-state index is -1.05. The van der Waals surface area contributed by atoms with Crippen molar-refractivity contribution in [2.75, 3.05) is 42.9 Å². The maximum absolute atomic E-state index is 12.9. The van der Waals surface area contributed by atoms with Crippen LogP contribution in [0.25, 0.3) is 0 Å². The quantitative estimate of drug-likeness (QED) is 0.293. The van der Waals surface area contributed by atoms with Gasteiger partial charge in [-0.15, -0.1) is 0 Å². The Morgan fingerprint density at radius 1 is 0.976 bits per heavy atom. The molecular formula is C27H34N6O9. The number of carbonyl (C=O) groups excluding carboxylic acids is 6. The zero-order valence-electron chi connectivity index (χ0n) is 24.2. The van der Waals surface area contributed by atoms with Gasteiger partial charge in [-0.3, -0.25) is 39.1 Å².